The van der Waals surface area contributed by atoms with Gasteiger partial charge in [-0.15, -0.1) is 0 Å². The molecule has 0 amide bonds. The Morgan fingerprint density at radius 3 is 2.90 bits per heavy atom. The predicted molar refractivity (Wildman–Crippen MR) is 42.0 cm³/mol. The van der Waals surface area contributed by atoms with Crippen molar-refractivity contribution in [2.75, 3.05) is 26.7 Å². The summed E-state index contributed by atoms with van der Waals surface area (Å²) in [6, 6.07) is 0.795. The second-order valence-corrected chi connectivity index (χ2v) is 3.77. The van der Waals surface area contributed by atoms with E-state index in [1.54, 1.807) is 0 Å². The van der Waals surface area contributed by atoms with Gasteiger partial charge in [0, 0.05) is 19.1 Å². The minimum absolute atomic E-state index is 0.795. The molecule has 58 valence electrons. The molecule has 3 aliphatic heterocycles. The Morgan fingerprint density at radius 1 is 1.30 bits per heavy atom. The van der Waals surface area contributed by atoms with Gasteiger partial charge in [-0.25, -0.2) is 0 Å². The van der Waals surface area contributed by atoms with Crippen molar-refractivity contribution in [1.29, 1.82) is 0 Å². The Bertz CT molecular complexity index is 102. The van der Waals surface area contributed by atoms with Crippen LogP contribution in [-0.4, -0.2) is 37.6 Å². The topological polar surface area (TPSA) is 15.3 Å². The standard InChI is InChI=1S/C8H16N2/c1-10-5-7-2-3-8(6-10)9-4-7/h7-9H,2-6H2,1H3/t7-,8-/m1/s1. The normalized spacial score (nSPS) is 41.7. The van der Waals surface area contributed by atoms with Gasteiger partial charge in [-0.05, 0) is 32.4 Å². The summed E-state index contributed by atoms with van der Waals surface area (Å²) < 4.78 is 0. The van der Waals surface area contributed by atoms with Crippen molar-refractivity contribution in [2.24, 2.45) is 5.92 Å². The number of nitrogens with zero attached hydrogens (tertiary/aromatic N) is 1. The van der Waals surface area contributed by atoms with Gasteiger partial charge in [-0.1, -0.05) is 0 Å². The maximum atomic E-state index is 3.57. The molecule has 10 heavy (non-hydrogen) atoms. The molecule has 2 nitrogen and oxygen atoms in total. The Labute approximate surface area is 62.6 Å². The first kappa shape index (κ1) is 6.62. The lowest BCUT2D eigenvalue weighted by Gasteiger charge is -2.23. The van der Waals surface area contributed by atoms with E-state index in [2.05, 4.69) is 17.3 Å². The molecular formula is C8H16N2. The summed E-state index contributed by atoms with van der Waals surface area (Å²) in [5.74, 6) is 0.934. The van der Waals surface area contributed by atoms with Gasteiger partial charge in [-0.3, -0.25) is 0 Å². The fourth-order valence-electron chi connectivity index (χ4n) is 2.18. The first-order valence-electron chi connectivity index (χ1n) is 4.26. The molecule has 2 bridgehead atoms. The molecule has 2 atom stereocenters. The molecule has 3 rings (SSSR count). The zero-order chi connectivity index (χ0) is 6.97. The first-order chi connectivity index (χ1) is 4.84. The van der Waals surface area contributed by atoms with Crippen molar-refractivity contribution >= 4 is 0 Å². The molecule has 3 heterocycles. The molecule has 0 spiro atoms. The molecule has 2 heteroatoms. The summed E-state index contributed by atoms with van der Waals surface area (Å²) in [5, 5.41) is 3.57. The summed E-state index contributed by atoms with van der Waals surface area (Å²) in [6.45, 7) is 3.83. The van der Waals surface area contributed by atoms with Crippen LogP contribution >= 0.6 is 0 Å². The fourth-order valence-corrected chi connectivity index (χ4v) is 2.18. The van der Waals surface area contributed by atoms with Crippen LogP contribution in [0.5, 0.6) is 0 Å². The lowest BCUT2D eigenvalue weighted by molar-refractivity contribution is 0.320. The third-order valence-electron chi connectivity index (χ3n) is 2.72. The van der Waals surface area contributed by atoms with Crippen molar-refractivity contribution in [3.8, 4) is 0 Å². The molecule has 0 radical (unpaired) electrons. The van der Waals surface area contributed by atoms with E-state index in [-0.39, 0.29) is 0 Å². The van der Waals surface area contributed by atoms with Crippen molar-refractivity contribution in [1.82, 2.24) is 10.2 Å². The molecule has 0 aromatic carbocycles. The Hall–Kier alpha value is -0.0800. The molecule has 0 aliphatic carbocycles. The molecule has 3 saturated heterocycles. The maximum Gasteiger partial charge on any atom is 0.0195 e. The lowest BCUT2D eigenvalue weighted by Crippen LogP contribution is -2.38. The van der Waals surface area contributed by atoms with E-state index in [0.717, 1.165) is 12.0 Å². The molecule has 0 saturated carbocycles. The van der Waals surface area contributed by atoms with Gasteiger partial charge in [0.25, 0.3) is 0 Å². The van der Waals surface area contributed by atoms with Crippen LogP contribution < -0.4 is 5.32 Å². The monoisotopic (exact) mass is 140 g/mol. The Balaban J connectivity index is 2.05. The van der Waals surface area contributed by atoms with E-state index in [1.807, 2.05) is 0 Å². The number of likely N-dealkylation sites (N-methyl/N-ethyl adjacent to an activating group) is 1. The minimum atomic E-state index is 0.795. The van der Waals surface area contributed by atoms with Gasteiger partial charge in [0.05, 0.1) is 0 Å². The van der Waals surface area contributed by atoms with Crippen LogP contribution in [0, 0.1) is 5.92 Å². The number of piperidine rings is 1. The van der Waals surface area contributed by atoms with Gasteiger partial charge >= 0.3 is 0 Å². The van der Waals surface area contributed by atoms with Crippen molar-refractivity contribution in [3.05, 3.63) is 0 Å². The lowest BCUT2D eigenvalue weighted by atomic mass is 9.97. The second kappa shape index (κ2) is 2.51. The summed E-state index contributed by atoms with van der Waals surface area (Å²) in [6.07, 6.45) is 2.84. The first-order valence-corrected chi connectivity index (χ1v) is 4.26. The summed E-state index contributed by atoms with van der Waals surface area (Å²) >= 11 is 0. The second-order valence-electron chi connectivity index (χ2n) is 3.77. The Morgan fingerprint density at radius 2 is 2.20 bits per heavy atom. The summed E-state index contributed by atoms with van der Waals surface area (Å²) in [5.41, 5.74) is 0. The van der Waals surface area contributed by atoms with E-state index in [9.17, 15) is 0 Å². The molecule has 0 aromatic rings. The maximum absolute atomic E-state index is 3.57. The third-order valence-corrected chi connectivity index (χ3v) is 2.72. The van der Waals surface area contributed by atoms with Crippen LogP contribution in [-0.2, 0) is 0 Å². The molecule has 1 N–H and O–H groups in total. The van der Waals surface area contributed by atoms with Gasteiger partial charge in [0.1, 0.15) is 0 Å². The highest BCUT2D eigenvalue weighted by molar-refractivity contribution is 4.85. The van der Waals surface area contributed by atoms with Gasteiger partial charge < -0.3 is 10.2 Å². The average Bonchev–Trinajstić information content (AvgIpc) is 2.17. The molecule has 0 unspecified atom stereocenters. The van der Waals surface area contributed by atoms with E-state index in [4.69, 9.17) is 0 Å². The van der Waals surface area contributed by atoms with Crippen LogP contribution in [0.1, 0.15) is 12.8 Å². The van der Waals surface area contributed by atoms with Gasteiger partial charge in [0.15, 0.2) is 0 Å². The van der Waals surface area contributed by atoms with Crippen LogP contribution in [0.2, 0.25) is 0 Å². The third kappa shape index (κ3) is 1.18. The van der Waals surface area contributed by atoms with Crippen molar-refractivity contribution < 1.29 is 0 Å². The average molecular weight is 140 g/mol. The molecule has 0 aromatic heterocycles. The number of fused-ring (bicyclic) bond motifs is 4. The highest BCUT2D eigenvalue weighted by Crippen LogP contribution is 2.19. The Kier molecular flexibility index (Phi) is 1.66. The van der Waals surface area contributed by atoms with E-state index in [0.29, 0.717) is 0 Å². The summed E-state index contributed by atoms with van der Waals surface area (Å²) in [4.78, 5) is 2.46. The fraction of sp³-hybridized carbons (Fsp3) is 1.00. The summed E-state index contributed by atoms with van der Waals surface area (Å²) in [7, 11) is 2.23. The molecule has 3 aliphatic rings. The van der Waals surface area contributed by atoms with Crippen LogP contribution in [0.25, 0.3) is 0 Å². The van der Waals surface area contributed by atoms with E-state index < -0.39 is 0 Å². The number of hydrogen-bond acceptors (Lipinski definition) is 2. The number of nitrogens with one attached hydrogen (secondary N) is 1. The van der Waals surface area contributed by atoms with Crippen LogP contribution in [0.4, 0.5) is 0 Å². The van der Waals surface area contributed by atoms with E-state index >= 15 is 0 Å². The molecular weight excluding hydrogens is 124 g/mol. The largest absolute Gasteiger partial charge is 0.312 e. The smallest absolute Gasteiger partial charge is 0.0195 e. The zero-order valence-electron chi connectivity index (χ0n) is 6.64. The van der Waals surface area contributed by atoms with Crippen LogP contribution in [0.3, 0.4) is 0 Å². The molecule has 3 fully saturated rings. The minimum Gasteiger partial charge on any atom is -0.312 e. The van der Waals surface area contributed by atoms with Gasteiger partial charge in [-0.2, -0.15) is 0 Å². The van der Waals surface area contributed by atoms with Crippen molar-refractivity contribution in [3.63, 3.8) is 0 Å². The van der Waals surface area contributed by atoms with E-state index in [1.165, 1.54) is 32.5 Å². The number of rotatable bonds is 0. The van der Waals surface area contributed by atoms with Crippen LogP contribution in [0.15, 0.2) is 0 Å². The quantitative estimate of drug-likeness (QED) is 0.520. The highest BCUT2D eigenvalue weighted by atomic mass is 15.2. The predicted octanol–water partition coefficient (Wildman–Crippen LogP) is 0.300. The number of hydrogen-bond donors (Lipinski definition) is 1. The SMILES string of the molecule is CN1C[C@@H]2CC[C@H](C1)NC2. The zero-order valence-corrected chi connectivity index (χ0v) is 6.64. The van der Waals surface area contributed by atoms with Crippen molar-refractivity contribution in [2.45, 2.75) is 18.9 Å². The highest BCUT2D eigenvalue weighted by Gasteiger charge is 2.26. The van der Waals surface area contributed by atoms with Gasteiger partial charge in [0.2, 0.25) is 0 Å².